The second kappa shape index (κ2) is 12.6. The Balaban J connectivity index is 1.76. The zero-order valence-electron chi connectivity index (χ0n) is 19.5. The summed E-state index contributed by atoms with van der Waals surface area (Å²) in [7, 11) is 1.46. The van der Waals surface area contributed by atoms with Crippen molar-refractivity contribution in [2.45, 2.75) is 18.6 Å². The summed E-state index contributed by atoms with van der Waals surface area (Å²) in [4.78, 5) is 24.9. The van der Waals surface area contributed by atoms with Gasteiger partial charge in [-0.1, -0.05) is 41.4 Å². The minimum atomic E-state index is -0.806. The maximum atomic E-state index is 12.8. The van der Waals surface area contributed by atoms with Gasteiger partial charge < -0.3 is 32.6 Å². The smallest absolute Gasteiger partial charge is 0.320 e. The number of carbonyl (C=O) groups is 2. The molecule has 0 saturated heterocycles. The average molecular weight is 535 g/mol. The van der Waals surface area contributed by atoms with Crippen LogP contribution in [0.25, 0.3) is 11.1 Å². The summed E-state index contributed by atoms with van der Waals surface area (Å²) in [6.07, 6.45) is 0. The lowest BCUT2D eigenvalue weighted by Gasteiger charge is -2.18. The summed E-state index contributed by atoms with van der Waals surface area (Å²) in [5.74, 6) is 0.0514. The first-order valence-electron chi connectivity index (χ1n) is 10.9. The SMILES string of the molecule is COCC(N)C(=O)NCc1cc(-c2c(NC(=O)NC(CN)c3cccc(Cl)c3)n[nH]c2N)ccc1Cl. The first-order valence-corrected chi connectivity index (χ1v) is 11.7. The third kappa shape index (κ3) is 6.86. The fourth-order valence-corrected chi connectivity index (χ4v) is 3.86. The quantitative estimate of drug-likeness (QED) is 0.208. The monoisotopic (exact) mass is 534 g/mol. The van der Waals surface area contributed by atoms with E-state index < -0.39 is 18.1 Å². The van der Waals surface area contributed by atoms with Crippen molar-refractivity contribution in [1.29, 1.82) is 0 Å². The highest BCUT2D eigenvalue weighted by Crippen LogP contribution is 2.34. The maximum absolute atomic E-state index is 12.8. The van der Waals surface area contributed by atoms with E-state index in [0.29, 0.717) is 26.7 Å². The fourth-order valence-electron chi connectivity index (χ4n) is 3.48. The molecule has 2 atom stereocenters. The molecule has 0 fully saturated rings. The number of hydrogen-bond acceptors (Lipinski definition) is 7. The Labute approximate surface area is 218 Å². The van der Waals surface area contributed by atoms with E-state index in [9.17, 15) is 9.59 Å². The van der Waals surface area contributed by atoms with Crippen molar-refractivity contribution in [3.05, 3.63) is 63.6 Å². The molecule has 0 radical (unpaired) electrons. The Hall–Kier alpha value is -3.35. The molecule has 3 aromatic rings. The van der Waals surface area contributed by atoms with E-state index in [1.807, 2.05) is 6.07 Å². The predicted molar refractivity (Wildman–Crippen MR) is 141 cm³/mol. The topological polar surface area (TPSA) is 186 Å². The lowest BCUT2D eigenvalue weighted by atomic mass is 10.0. The number of nitrogens with one attached hydrogen (secondary N) is 4. The largest absolute Gasteiger partial charge is 0.383 e. The summed E-state index contributed by atoms with van der Waals surface area (Å²) >= 11 is 12.4. The van der Waals surface area contributed by atoms with Gasteiger partial charge in [-0.3, -0.25) is 15.2 Å². The molecule has 192 valence electrons. The second-order valence-corrected chi connectivity index (χ2v) is 8.73. The standard InChI is InChI=1S/C23H28Cl2N8O3/c1-36-11-17(27)22(34)29-10-14-7-13(5-6-16(14)25)19-20(28)32-33-21(19)31-23(35)30-18(9-26)12-3-2-4-15(24)8-12/h2-8,17-18H,9-11,26-27H2,1H3,(H,29,34)(H5,28,30,31,32,33,35). The molecule has 0 aliphatic carbocycles. The van der Waals surface area contributed by atoms with Gasteiger partial charge in [0.1, 0.15) is 11.9 Å². The number of aromatic nitrogens is 2. The van der Waals surface area contributed by atoms with Crippen molar-refractivity contribution in [1.82, 2.24) is 20.8 Å². The van der Waals surface area contributed by atoms with Crippen LogP contribution in [0.5, 0.6) is 0 Å². The van der Waals surface area contributed by atoms with Crippen molar-refractivity contribution in [2.24, 2.45) is 11.5 Å². The van der Waals surface area contributed by atoms with Gasteiger partial charge in [-0.05, 0) is 41.0 Å². The summed E-state index contributed by atoms with van der Waals surface area (Å²) < 4.78 is 4.90. The Kier molecular flexibility index (Phi) is 9.51. The molecule has 0 aliphatic rings. The van der Waals surface area contributed by atoms with Crippen LogP contribution in [0.15, 0.2) is 42.5 Å². The van der Waals surface area contributed by atoms with Crippen molar-refractivity contribution < 1.29 is 14.3 Å². The van der Waals surface area contributed by atoms with E-state index in [-0.39, 0.29) is 37.2 Å². The fraction of sp³-hybridized carbons (Fsp3) is 0.261. The Morgan fingerprint density at radius 1 is 1.19 bits per heavy atom. The van der Waals surface area contributed by atoms with E-state index in [2.05, 4.69) is 26.1 Å². The van der Waals surface area contributed by atoms with Gasteiger partial charge in [0.15, 0.2) is 5.82 Å². The number of benzene rings is 2. The maximum Gasteiger partial charge on any atom is 0.320 e. The lowest BCUT2D eigenvalue weighted by molar-refractivity contribution is -0.123. The number of H-pyrrole nitrogens is 1. The molecule has 0 spiro atoms. The molecule has 1 aromatic heterocycles. The number of rotatable bonds is 10. The van der Waals surface area contributed by atoms with Crippen LogP contribution in [0, 0.1) is 0 Å². The van der Waals surface area contributed by atoms with Gasteiger partial charge in [0, 0.05) is 30.2 Å². The molecule has 0 aliphatic heterocycles. The number of hydrogen-bond donors (Lipinski definition) is 7. The Morgan fingerprint density at radius 3 is 2.67 bits per heavy atom. The number of carbonyl (C=O) groups excluding carboxylic acids is 2. The molecule has 1 heterocycles. The molecule has 0 bridgehead atoms. The number of methoxy groups -OCH3 is 1. The number of ether oxygens (including phenoxy) is 1. The second-order valence-electron chi connectivity index (χ2n) is 7.89. The van der Waals surface area contributed by atoms with Crippen LogP contribution in [0.1, 0.15) is 17.2 Å². The van der Waals surface area contributed by atoms with Gasteiger partial charge in [-0.15, -0.1) is 0 Å². The van der Waals surface area contributed by atoms with Crippen molar-refractivity contribution >= 4 is 46.8 Å². The molecule has 3 rings (SSSR count). The molecule has 10 N–H and O–H groups in total. The highest BCUT2D eigenvalue weighted by atomic mass is 35.5. The molecule has 36 heavy (non-hydrogen) atoms. The van der Waals surface area contributed by atoms with Crippen molar-refractivity contribution in [2.75, 3.05) is 31.3 Å². The number of halogens is 2. The highest BCUT2D eigenvalue weighted by molar-refractivity contribution is 6.31. The summed E-state index contributed by atoms with van der Waals surface area (Å²) in [6, 6.07) is 10.4. The number of nitrogens with zero attached hydrogens (tertiary/aromatic N) is 1. The minimum absolute atomic E-state index is 0.0879. The van der Waals surface area contributed by atoms with Gasteiger partial charge in [0.05, 0.1) is 18.2 Å². The molecule has 2 aromatic carbocycles. The highest BCUT2D eigenvalue weighted by Gasteiger charge is 2.20. The predicted octanol–water partition coefficient (Wildman–Crippen LogP) is 2.38. The first kappa shape index (κ1) is 27.2. The number of nitrogens with two attached hydrogens (primary N) is 3. The number of anilines is 2. The minimum Gasteiger partial charge on any atom is -0.383 e. The zero-order valence-corrected chi connectivity index (χ0v) is 21.0. The normalized spacial score (nSPS) is 12.6. The molecule has 0 saturated carbocycles. The van der Waals surface area contributed by atoms with Crippen molar-refractivity contribution in [3.63, 3.8) is 0 Å². The van der Waals surface area contributed by atoms with Crippen LogP contribution in [0.3, 0.4) is 0 Å². The molecule has 13 heteroatoms. The van der Waals surface area contributed by atoms with Gasteiger partial charge in [0.25, 0.3) is 0 Å². The molecular weight excluding hydrogens is 507 g/mol. The van der Waals surface area contributed by atoms with Crippen LogP contribution in [0.2, 0.25) is 10.0 Å². The lowest BCUT2D eigenvalue weighted by Crippen LogP contribution is -2.43. The number of amides is 3. The van der Waals surface area contributed by atoms with Gasteiger partial charge >= 0.3 is 6.03 Å². The van der Waals surface area contributed by atoms with E-state index in [1.165, 1.54) is 7.11 Å². The van der Waals surface area contributed by atoms with Gasteiger partial charge in [-0.25, -0.2) is 4.79 Å². The van der Waals surface area contributed by atoms with E-state index >= 15 is 0 Å². The third-order valence-corrected chi connectivity index (χ3v) is 5.89. The molecule has 2 unspecified atom stereocenters. The number of aromatic amines is 1. The number of urea groups is 1. The number of nitrogen functional groups attached to an aromatic ring is 1. The average Bonchev–Trinajstić information content (AvgIpc) is 3.21. The van der Waals surface area contributed by atoms with E-state index in [4.69, 9.17) is 45.1 Å². The van der Waals surface area contributed by atoms with Crippen LogP contribution in [0.4, 0.5) is 16.4 Å². The van der Waals surface area contributed by atoms with E-state index in [1.54, 1.807) is 36.4 Å². The van der Waals surface area contributed by atoms with Crippen LogP contribution in [-0.2, 0) is 16.1 Å². The van der Waals surface area contributed by atoms with E-state index in [0.717, 1.165) is 5.56 Å². The van der Waals surface area contributed by atoms with Crippen LogP contribution < -0.4 is 33.2 Å². The van der Waals surface area contributed by atoms with Crippen LogP contribution >= 0.6 is 23.2 Å². The molecule has 3 amide bonds. The van der Waals surface area contributed by atoms with Gasteiger partial charge in [0.2, 0.25) is 5.91 Å². The molecular formula is C23H28Cl2N8O3. The summed E-state index contributed by atoms with van der Waals surface area (Å²) in [5, 5.41) is 16.0. The third-order valence-electron chi connectivity index (χ3n) is 5.29. The summed E-state index contributed by atoms with van der Waals surface area (Å²) in [5.41, 5.74) is 20.2. The Bertz CT molecular complexity index is 1220. The van der Waals surface area contributed by atoms with Gasteiger partial charge in [-0.2, -0.15) is 5.10 Å². The Morgan fingerprint density at radius 2 is 1.97 bits per heavy atom. The molecule has 11 nitrogen and oxygen atoms in total. The summed E-state index contributed by atoms with van der Waals surface area (Å²) in [6.45, 7) is 0.371. The first-order chi connectivity index (χ1) is 17.2. The van der Waals surface area contributed by atoms with Crippen LogP contribution in [-0.4, -0.2) is 48.4 Å². The van der Waals surface area contributed by atoms with Crippen molar-refractivity contribution in [3.8, 4) is 11.1 Å². The zero-order chi connectivity index (χ0) is 26.2.